The summed E-state index contributed by atoms with van der Waals surface area (Å²) in [6.07, 6.45) is -3.24. The molecule has 2 rings (SSSR count). The molecule has 0 saturated heterocycles. The molecule has 0 bridgehead atoms. The topological polar surface area (TPSA) is 50.9 Å². The minimum absolute atomic E-state index is 0.162. The quantitative estimate of drug-likeness (QED) is 0.925. The third-order valence-corrected chi connectivity index (χ3v) is 2.85. The normalized spacial score (nSPS) is 11.9. The van der Waals surface area contributed by atoms with E-state index in [-0.39, 0.29) is 11.0 Å². The molecule has 0 aliphatic rings. The first kappa shape index (κ1) is 13.8. The van der Waals surface area contributed by atoms with E-state index < -0.39 is 24.0 Å². The van der Waals surface area contributed by atoms with Crippen LogP contribution >= 0.6 is 11.6 Å². The zero-order valence-corrected chi connectivity index (χ0v) is 10.5. The van der Waals surface area contributed by atoms with Gasteiger partial charge in [0.25, 0.3) is 0 Å². The minimum Gasteiger partial charge on any atom is -0.391 e. The van der Waals surface area contributed by atoms with Crippen molar-refractivity contribution in [2.24, 2.45) is 0 Å². The van der Waals surface area contributed by atoms with Gasteiger partial charge in [0.05, 0.1) is 6.61 Å². The maximum absolute atomic E-state index is 12.8. The molecule has 0 amide bonds. The molecule has 2 heterocycles. The highest BCUT2D eigenvalue weighted by molar-refractivity contribution is 6.30. The number of nitrogens with zero attached hydrogens (tertiary/aromatic N) is 3. The van der Waals surface area contributed by atoms with E-state index in [9.17, 15) is 13.2 Å². The molecule has 0 spiro atoms. The Morgan fingerprint density at radius 2 is 2.11 bits per heavy atom. The summed E-state index contributed by atoms with van der Waals surface area (Å²) in [5.74, 6) is 0.162. The third kappa shape index (κ3) is 2.57. The van der Waals surface area contributed by atoms with Crippen molar-refractivity contribution in [2.75, 3.05) is 0 Å². The molecule has 0 atom stereocenters. The van der Waals surface area contributed by atoms with Crippen molar-refractivity contribution in [3.05, 3.63) is 40.3 Å². The molecule has 0 radical (unpaired) electrons. The predicted octanol–water partition coefficient (Wildman–Crippen LogP) is 2.74. The van der Waals surface area contributed by atoms with Gasteiger partial charge < -0.3 is 5.11 Å². The lowest BCUT2D eigenvalue weighted by Gasteiger charge is -2.03. The first-order chi connectivity index (χ1) is 8.84. The van der Waals surface area contributed by atoms with Gasteiger partial charge in [-0.05, 0) is 24.6 Å². The van der Waals surface area contributed by atoms with E-state index >= 15 is 0 Å². The van der Waals surface area contributed by atoms with Gasteiger partial charge >= 0.3 is 6.18 Å². The van der Waals surface area contributed by atoms with Gasteiger partial charge in [0, 0.05) is 11.8 Å². The van der Waals surface area contributed by atoms with Crippen molar-refractivity contribution in [3.8, 4) is 5.82 Å². The van der Waals surface area contributed by atoms with E-state index in [1.807, 2.05) is 0 Å². The molecular formula is C11H9ClF3N3O. The smallest absolute Gasteiger partial charge is 0.391 e. The summed E-state index contributed by atoms with van der Waals surface area (Å²) < 4.78 is 39.1. The van der Waals surface area contributed by atoms with Crippen LogP contribution in [0.1, 0.15) is 16.8 Å². The lowest BCUT2D eigenvalue weighted by atomic mass is 10.2. The van der Waals surface area contributed by atoms with E-state index in [0.29, 0.717) is 0 Å². The molecule has 102 valence electrons. The fraction of sp³-hybridized carbons (Fsp3) is 0.273. The van der Waals surface area contributed by atoms with Gasteiger partial charge in [-0.1, -0.05) is 11.6 Å². The number of rotatable bonds is 2. The van der Waals surface area contributed by atoms with Crippen LogP contribution in [0.25, 0.3) is 5.82 Å². The summed E-state index contributed by atoms with van der Waals surface area (Å²) in [6.45, 7) is 0.916. The average molecular weight is 292 g/mol. The van der Waals surface area contributed by atoms with Gasteiger partial charge in [-0.15, -0.1) is 0 Å². The van der Waals surface area contributed by atoms with Gasteiger partial charge in [0.1, 0.15) is 5.15 Å². The zero-order valence-electron chi connectivity index (χ0n) is 9.74. The summed E-state index contributed by atoms with van der Waals surface area (Å²) in [7, 11) is 0. The van der Waals surface area contributed by atoms with E-state index in [4.69, 9.17) is 16.7 Å². The number of aliphatic hydroxyl groups is 1. The van der Waals surface area contributed by atoms with Gasteiger partial charge in [-0.25, -0.2) is 9.67 Å². The molecule has 19 heavy (non-hydrogen) atoms. The number of hydrogen-bond acceptors (Lipinski definition) is 3. The Kier molecular flexibility index (Phi) is 3.51. The van der Waals surface area contributed by atoms with Gasteiger partial charge in [0.2, 0.25) is 0 Å². The van der Waals surface area contributed by atoms with Crippen molar-refractivity contribution < 1.29 is 18.3 Å². The van der Waals surface area contributed by atoms with E-state index in [0.717, 1.165) is 10.2 Å². The zero-order chi connectivity index (χ0) is 14.2. The Bertz CT molecular complexity index is 610. The Balaban J connectivity index is 2.63. The van der Waals surface area contributed by atoms with Crippen LogP contribution in [0.3, 0.4) is 0 Å². The molecule has 8 heteroatoms. The molecule has 0 aliphatic carbocycles. The second-order valence-electron chi connectivity index (χ2n) is 3.88. The average Bonchev–Trinajstić information content (AvgIpc) is 2.66. The molecule has 0 aliphatic heterocycles. The van der Waals surface area contributed by atoms with Crippen LogP contribution < -0.4 is 0 Å². The largest absolute Gasteiger partial charge is 0.435 e. The first-order valence-corrected chi connectivity index (χ1v) is 5.61. The first-order valence-electron chi connectivity index (χ1n) is 5.23. The fourth-order valence-electron chi connectivity index (χ4n) is 1.59. The minimum atomic E-state index is -4.68. The van der Waals surface area contributed by atoms with Gasteiger partial charge in [0.15, 0.2) is 11.5 Å². The predicted molar refractivity (Wildman–Crippen MR) is 62.0 cm³/mol. The van der Waals surface area contributed by atoms with Crippen LogP contribution in [0.4, 0.5) is 13.2 Å². The highest BCUT2D eigenvalue weighted by atomic mass is 35.5. The molecule has 4 nitrogen and oxygen atoms in total. The number of aliphatic hydroxyl groups excluding tert-OH is 1. The molecule has 1 N–H and O–H groups in total. The molecule has 0 unspecified atom stereocenters. The summed E-state index contributed by atoms with van der Waals surface area (Å²) in [5, 5.41) is 12.1. The molecule has 0 fully saturated rings. The molecule has 0 saturated carbocycles. The molecule has 0 aromatic carbocycles. The maximum atomic E-state index is 12.8. The van der Waals surface area contributed by atoms with Crippen molar-refractivity contribution in [1.29, 1.82) is 0 Å². The Morgan fingerprint density at radius 3 is 2.58 bits per heavy atom. The number of halogens is 4. The number of pyridine rings is 1. The SMILES string of the molecule is Cc1ccnc(-n2nc(C(F)(F)F)c(CO)c2Cl)c1. The maximum Gasteiger partial charge on any atom is 0.435 e. The second-order valence-corrected chi connectivity index (χ2v) is 4.24. The van der Waals surface area contributed by atoms with E-state index in [1.165, 1.54) is 6.20 Å². The van der Waals surface area contributed by atoms with Gasteiger partial charge in [-0.2, -0.15) is 18.3 Å². The lowest BCUT2D eigenvalue weighted by Crippen LogP contribution is -2.10. The van der Waals surface area contributed by atoms with Gasteiger partial charge in [-0.3, -0.25) is 0 Å². The van der Waals surface area contributed by atoms with E-state index in [1.54, 1.807) is 19.1 Å². The highest BCUT2D eigenvalue weighted by Gasteiger charge is 2.39. The Labute approximate surface area is 111 Å². The van der Waals surface area contributed by atoms with Crippen molar-refractivity contribution >= 4 is 11.6 Å². The number of alkyl halides is 3. The monoisotopic (exact) mass is 291 g/mol. The summed E-state index contributed by atoms with van der Waals surface area (Å²) in [4.78, 5) is 3.91. The van der Waals surface area contributed by atoms with Crippen LogP contribution in [0.5, 0.6) is 0 Å². The van der Waals surface area contributed by atoms with Crippen LogP contribution in [-0.2, 0) is 12.8 Å². The summed E-state index contributed by atoms with van der Waals surface area (Å²) in [5.41, 5.74) is -0.864. The van der Waals surface area contributed by atoms with Crippen LogP contribution in [0, 0.1) is 6.92 Å². The third-order valence-electron chi connectivity index (χ3n) is 2.47. The Hall–Kier alpha value is -1.60. The number of hydrogen-bond donors (Lipinski definition) is 1. The second kappa shape index (κ2) is 4.82. The van der Waals surface area contributed by atoms with Crippen LogP contribution in [0.2, 0.25) is 5.15 Å². The summed E-state index contributed by atoms with van der Waals surface area (Å²) >= 11 is 5.82. The fourth-order valence-corrected chi connectivity index (χ4v) is 1.86. The van der Waals surface area contributed by atoms with Crippen molar-refractivity contribution in [3.63, 3.8) is 0 Å². The molecule has 2 aromatic rings. The van der Waals surface area contributed by atoms with Crippen LogP contribution in [-0.4, -0.2) is 19.9 Å². The van der Waals surface area contributed by atoms with Crippen molar-refractivity contribution in [2.45, 2.75) is 19.7 Å². The lowest BCUT2D eigenvalue weighted by molar-refractivity contribution is -0.142. The van der Waals surface area contributed by atoms with Crippen molar-refractivity contribution in [1.82, 2.24) is 14.8 Å². The number of aryl methyl sites for hydroxylation is 1. The standard InChI is InChI=1S/C11H9ClF3N3O/c1-6-2-3-16-8(4-6)18-10(12)7(5-19)9(17-18)11(13,14)15/h2-4,19H,5H2,1H3. The molecular weight excluding hydrogens is 283 g/mol. The molecule has 2 aromatic heterocycles. The Morgan fingerprint density at radius 1 is 1.42 bits per heavy atom. The van der Waals surface area contributed by atoms with Crippen LogP contribution in [0.15, 0.2) is 18.3 Å². The van der Waals surface area contributed by atoms with E-state index in [2.05, 4.69) is 10.1 Å². The highest BCUT2D eigenvalue weighted by Crippen LogP contribution is 2.35. The number of aromatic nitrogens is 3. The summed E-state index contributed by atoms with van der Waals surface area (Å²) in [6, 6.07) is 3.23.